The van der Waals surface area contributed by atoms with E-state index in [1.807, 2.05) is 11.9 Å². The van der Waals surface area contributed by atoms with Gasteiger partial charge >= 0.3 is 0 Å². The molecule has 5 heteroatoms. The number of halogens is 1. The van der Waals surface area contributed by atoms with Crippen molar-refractivity contribution in [3.8, 4) is 0 Å². The lowest BCUT2D eigenvalue weighted by molar-refractivity contribution is 0.0362. The molecule has 1 aromatic rings. The standard InChI is InChI=1S/C12H15BrN2O2/c1-15(10-3-6-17-7-4-10)12(16)9-2-5-14-11(13)8-9/h2,5,8,10H,3-4,6-7H2,1H3. The minimum absolute atomic E-state index is 0.0417. The van der Waals surface area contributed by atoms with Crippen LogP contribution >= 0.6 is 15.9 Å². The van der Waals surface area contributed by atoms with Gasteiger partial charge < -0.3 is 9.64 Å². The van der Waals surface area contributed by atoms with Gasteiger partial charge in [0.1, 0.15) is 4.60 Å². The van der Waals surface area contributed by atoms with Crippen LogP contribution < -0.4 is 0 Å². The summed E-state index contributed by atoms with van der Waals surface area (Å²) in [5.41, 5.74) is 0.667. The number of amides is 1. The van der Waals surface area contributed by atoms with Crippen LogP contribution in [0.4, 0.5) is 0 Å². The molecule has 2 rings (SSSR count). The number of rotatable bonds is 2. The molecule has 1 aromatic heterocycles. The summed E-state index contributed by atoms with van der Waals surface area (Å²) in [6, 6.07) is 3.77. The minimum Gasteiger partial charge on any atom is -0.381 e. The van der Waals surface area contributed by atoms with Crippen molar-refractivity contribution in [1.29, 1.82) is 0 Å². The fourth-order valence-corrected chi connectivity index (χ4v) is 2.34. The van der Waals surface area contributed by atoms with Gasteiger partial charge in [-0.1, -0.05) is 0 Å². The first-order valence-electron chi connectivity index (χ1n) is 5.65. The molecule has 0 aromatic carbocycles. The van der Waals surface area contributed by atoms with Crippen LogP contribution in [0.25, 0.3) is 0 Å². The molecule has 0 radical (unpaired) electrons. The van der Waals surface area contributed by atoms with Crippen molar-refractivity contribution in [1.82, 2.24) is 9.88 Å². The van der Waals surface area contributed by atoms with Gasteiger partial charge in [-0.05, 0) is 40.9 Å². The van der Waals surface area contributed by atoms with E-state index in [-0.39, 0.29) is 11.9 Å². The van der Waals surface area contributed by atoms with Gasteiger partial charge in [0.25, 0.3) is 5.91 Å². The summed E-state index contributed by atoms with van der Waals surface area (Å²) in [4.78, 5) is 18.1. The zero-order valence-electron chi connectivity index (χ0n) is 9.73. The summed E-state index contributed by atoms with van der Waals surface area (Å²) in [5.74, 6) is 0.0417. The van der Waals surface area contributed by atoms with Crippen molar-refractivity contribution in [3.05, 3.63) is 28.5 Å². The SMILES string of the molecule is CN(C(=O)c1ccnc(Br)c1)C1CCOCC1. The average molecular weight is 299 g/mol. The number of ether oxygens (including phenoxy) is 1. The highest BCUT2D eigenvalue weighted by Crippen LogP contribution is 2.16. The third kappa shape index (κ3) is 3.04. The Morgan fingerprint density at radius 2 is 2.24 bits per heavy atom. The van der Waals surface area contributed by atoms with E-state index in [0.717, 1.165) is 26.1 Å². The molecule has 92 valence electrons. The number of hydrogen-bond acceptors (Lipinski definition) is 3. The fourth-order valence-electron chi connectivity index (χ4n) is 1.98. The van der Waals surface area contributed by atoms with Crippen molar-refractivity contribution in [2.75, 3.05) is 20.3 Å². The van der Waals surface area contributed by atoms with E-state index in [0.29, 0.717) is 10.2 Å². The van der Waals surface area contributed by atoms with Crippen LogP contribution in [0.15, 0.2) is 22.9 Å². The number of carbonyl (C=O) groups excluding carboxylic acids is 1. The van der Waals surface area contributed by atoms with Crippen molar-refractivity contribution in [3.63, 3.8) is 0 Å². The molecular formula is C12H15BrN2O2. The molecule has 1 amide bonds. The van der Waals surface area contributed by atoms with Crippen LogP contribution in [0, 0.1) is 0 Å². The number of nitrogens with zero attached hydrogens (tertiary/aromatic N) is 2. The Hall–Kier alpha value is -0.940. The molecule has 0 aliphatic carbocycles. The first-order chi connectivity index (χ1) is 8.18. The molecule has 0 N–H and O–H groups in total. The smallest absolute Gasteiger partial charge is 0.253 e. The van der Waals surface area contributed by atoms with Crippen molar-refractivity contribution < 1.29 is 9.53 Å². The second kappa shape index (κ2) is 5.60. The van der Waals surface area contributed by atoms with Crippen LogP contribution in [0.3, 0.4) is 0 Å². The van der Waals surface area contributed by atoms with Crippen molar-refractivity contribution in [2.45, 2.75) is 18.9 Å². The molecule has 0 atom stereocenters. The summed E-state index contributed by atoms with van der Waals surface area (Å²) in [6.07, 6.45) is 3.46. The predicted octanol–water partition coefficient (Wildman–Crippen LogP) is 2.10. The highest BCUT2D eigenvalue weighted by atomic mass is 79.9. The summed E-state index contributed by atoms with van der Waals surface area (Å²) in [5, 5.41) is 0. The first kappa shape index (κ1) is 12.5. The molecule has 1 aliphatic heterocycles. The Balaban J connectivity index is 2.08. The van der Waals surface area contributed by atoms with E-state index in [2.05, 4.69) is 20.9 Å². The zero-order valence-corrected chi connectivity index (χ0v) is 11.3. The normalized spacial score (nSPS) is 16.8. The fraction of sp³-hybridized carbons (Fsp3) is 0.500. The molecule has 1 fully saturated rings. The lowest BCUT2D eigenvalue weighted by Crippen LogP contribution is -2.40. The van der Waals surface area contributed by atoms with Gasteiger partial charge in [-0.15, -0.1) is 0 Å². The van der Waals surface area contributed by atoms with Gasteiger partial charge in [0.15, 0.2) is 0 Å². The highest BCUT2D eigenvalue weighted by molar-refractivity contribution is 9.10. The lowest BCUT2D eigenvalue weighted by atomic mass is 10.1. The Labute approximate surface area is 109 Å². The van der Waals surface area contributed by atoms with Crippen LogP contribution in [0.2, 0.25) is 0 Å². The number of aromatic nitrogens is 1. The van der Waals surface area contributed by atoms with Crippen LogP contribution in [0.5, 0.6) is 0 Å². The Morgan fingerprint density at radius 1 is 1.53 bits per heavy atom. The molecule has 0 spiro atoms. The van der Waals surface area contributed by atoms with Crippen LogP contribution in [0.1, 0.15) is 23.2 Å². The molecule has 2 heterocycles. The van der Waals surface area contributed by atoms with Crippen molar-refractivity contribution >= 4 is 21.8 Å². The monoisotopic (exact) mass is 298 g/mol. The van der Waals surface area contributed by atoms with Crippen LogP contribution in [-0.4, -0.2) is 42.1 Å². The van der Waals surface area contributed by atoms with E-state index in [9.17, 15) is 4.79 Å². The molecule has 0 saturated carbocycles. The summed E-state index contributed by atoms with van der Waals surface area (Å²) >= 11 is 3.27. The van der Waals surface area contributed by atoms with E-state index in [4.69, 9.17) is 4.74 Å². The Kier molecular flexibility index (Phi) is 4.12. The maximum Gasteiger partial charge on any atom is 0.253 e. The maximum absolute atomic E-state index is 12.2. The summed E-state index contributed by atoms with van der Waals surface area (Å²) in [6.45, 7) is 1.48. The number of hydrogen-bond donors (Lipinski definition) is 0. The molecule has 17 heavy (non-hydrogen) atoms. The molecule has 1 saturated heterocycles. The first-order valence-corrected chi connectivity index (χ1v) is 6.44. The Bertz CT molecular complexity index is 405. The molecule has 1 aliphatic rings. The highest BCUT2D eigenvalue weighted by Gasteiger charge is 2.23. The lowest BCUT2D eigenvalue weighted by Gasteiger charge is -2.31. The van der Waals surface area contributed by atoms with Crippen molar-refractivity contribution in [2.24, 2.45) is 0 Å². The second-order valence-corrected chi connectivity index (χ2v) is 4.94. The largest absolute Gasteiger partial charge is 0.381 e. The van der Waals surface area contributed by atoms with E-state index in [1.54, 1.807) is 18.3 Å². The van der Waals surface area contributed by atoms with Gasteiger partial charge in [0.2, 0.25) is 0 Å². The average Bonchev–Trinajstić information content (AvgIpc) is 2.38. The maximum atomic E-state index is 12.2. The van der Waals surface area contributed by atoms with Gasteiger partial charge in [0.05, 0.1) is 0 Å². The third-order valence-electron chi connectivity index (χ3n) is 3.03. The van der Waals surface area contributed by atoms with Gasteiger partial charge in [-0.2, -0.15) is 0 Å². The van der Waals surface area contributed by atoms with E-state index < -0.39 is 0 Å². The van der Waals surface area contributed by atoms with Crippen LogP contribution in [-0.2, 0) is 4.74 Å². The second-order valence-electron chi connectivity index (χ2n) is 4.13. The summed E-state index contributed by atoms with van der Waals surface area (Å²) < 4.78 is 5.98. The summed E-state index contributed by atoms with van der Waals surface area (Å²) in [7, 11) is 1.85. The van der Waals surface area contributed by atoms with Gasteiger partial charge in [-0.25, -0.2) is 4.98 Å². The quantitative estimate of drug-likeness (QED) is 0.785. The number of carbonyl (C=O) groups is 1. The van der Waals surface area contributed by atoms with E-state index >= 15 is 0 Å². The molecule has 4 nitrogen and oxygen atoms in total. The third-order valence-corrected chi connectivity index (χ3v) is 3.47. The predicted molar refractivity (Wildman–Crippen MR) is 67.9 cm³/mol. The Morgan fingerprint density at radius 3 is 2.88 bits per heavy atom. The minimum atomic E-state index is 0.0417. The van der Waals surface area contributed by atoms with E-state index in [1.165, 1.54) is 0 Å². The molecular weight excluding hydrogens is 284 g/mol. The number of pyridine rings is 1. The topological polar surface area (TPSA) is 42.4 Å². The molecule has 0 bridgehead atoms. The zero-order chi connectivity index (χ0) is 12.3. The van der Waals surface area contributed by atoms with Gasteiger partial charge in [0, 0.05) is 38.1 Å². The molecule has 0 unspecified atom stereocenters. The van der Waals surface area contributed by atoms with Gasteiger partial charge in [-0.3, -0.25) is 4.79 Å².